The number of likely N-dealkylation sites (tertiary alicyclic amines) is 1. The summed E-state index contributed by atoms with van der Waals surface area (Å²) in [6.07, 6.45) is 4.56. The van der Waals surface area contributed by atoms with E-state index in [0.29, 0.717) is 19.6 Å². The third kappa shape index (κ3) is 2.83. The highest BCUT2D eigenvalue weighted by Crippen LogP contribution is 2.52. The highest BCUT2D eigenvalue weighted by atomic mass is 16.5. The van der Waals surface area contributed by atoms with Gasteiger partial charge >= 0.3 is 0 Å². The van der Waals surface area contributed by atoms with Crippen LogP contribution < -0.4 is 4.74 Å². The predicted octanol–water partition coefficient (Wildman–Crippen LogP) is 1.85. The molecule has 3 heterocycles. The molecule has 144 valence electrons. The van der Waals surface area contributed by atoms with Gasteiger partial charge in [-0.1, -0.05) is 31.2 Å². The molecule has 4 rings (SSSR count). The van der Waals surface area contributed by atoms with Crippen molar-refractivity contribution >= 4 is 11.8 Å². The maximum absolute atomic E-state index is 13.2. The van der Waals surface area contributed by atoms with E-state index in [-0.39, 0.29) is 17.9 Å². The average molecular weight is 370 g/mol. The Morgan fingerprint density at radius 3 is 3.00 bits per heavy atom. The fraction of sp³-hybridized carbons (Fsp3) is 0.524. The molecule has 6 nitrogen and oxygen atoms in total. The van der Waals surface area contributed by atoms with Gasteiger partial charge in [-0.15, -0.1) is 0 Å². The number of carbonyl (C=O) groups excluding carboxylic acids is 2. The molecule has 0 aromatic heterocycles. The number of rotatable bonds is 6. The van der Waals surface area contributed by atoms with Gasteiger partial charge < -0.3 is 19.3 Å². The van der Waals surface area contributed by atoms with Crippen LogP contribution in [0.2, 0.25) is 0 Å². The van der Waals surface area contributed by atoms with E-state index in [4.69, 9.17) is 9.47 Å². The first kappa shape index (κ1) is 18.0. The van der Waals surface area contributed by atoms with Gasteiger partial charge in [0.15, 0.2) is 0 Å². The van der Waals surface area contributed by atoms with Gasteiger partial charge in [-0.3, -0.25) is 9.59 Å². The lowest BCUT2D eigenvalue weighted by molar-refractivity contribution is -0.142. The molecule has 2 fully saturated rings. The van der Waals surface area contributed by atoms with Crippen molar-refractivity contribution in [1.29, 1.82) is 0 Å². The van der Waals surface area contributed by atoms with E-state index in [1.165, 1.54) is 0 Å². The van der Waals surface area contributed by atoms with Gasteiger partial charge in [0.1, 0.15) is 11.4 Å². The number of ether oxygens (including phenoxy) is 2. The minimum absolute atomic E-state index is 0.00733. The molecule has 1 spiro atoms. The van der Waals surface area contributed by atoms with E-state index in [2.05, 4.69) is 0 Å². The van der Waals surface area contributed by atoms with E-state index < -0.39 is 17.4 Å². The Morgan fingerprint density at radius 2 is 2.26 bits per heavy atom. The SMILES string of the molecule is CCCN(C)C(=O)C1C2C(=O)N(Cc3cccc(OC)c3)C[C@]23C=C[C@H]1O3. The van der Waals surface area contributed by atoms with Crippen molar-refractivity contribution in [3.8, 4) is 5.75 Å². The Bertz CT molecular complexity index is 792. The standard InChI is InChI=1S/C21H26N2O4/c1-4-10-22(2)19(24)17-16-8-9-21(27-16)13-23(20(25)18(17)21)12-14-6-5-7-15(11-14)26-3/h5-9,11,16-18H,4,10,12-13H2,1-3H3/t16-,17?,18?,21-/m1/s1. The molecule has 0 N–H and O–H groups in total. The van der Waals surface area contributed by atoms with Crippen LogP contribution in [0.3, 0.4) is 0 Å². The van der Waals surface area contributed by atoms with Crippen molar-refractivity contribution in [2.45, 2.75) is 31.6 Å². The van der Waals surface area contributed by atoms with Crippen molar-refractivity contribution < 1.29 is 19.1 Å². The van der Waals surface area contributed by atoms with E-state index in [0.717, 1.165) is 17.7 Å². The Morgan fingerprint density at radius 1 is 1.44 bits per heavy atom. The molecule has 2 unspecified atom stereocenters. The van der Waals surface area contributed by atoms with Gasteiger partial charge in [0, 0.05) is 20.1 Å². The quantitative estimate of drug-likeness (QED) is 0.717. The zero-order chi connectivity index (χ0) is 19.2. The molecule has 27 heavy (non-hydrogen) atoms. The summed E-state index contributed by atoms with van der Waals surface area (Å²) in [7, 11) is 3.44. The summed E-state index contributed by atoms with van der Waals surface area (Å²) in [5, 5.41) is 0. The second-order valence-electron chi connectivity index (χ2n) is 7.71. The van der Waals surface area contributed by atoms with Crippen molar-refractivity contribution in [2.75, 3.05) is 27.2 Å². The predicted molar refractivity (Wildman–Crippen MR) is 100 cm³/mol. The van der Waals surface area contributed by atoms with Crippen molar-refractivity contribution in [2.24, 2.45) is 11.8 Å². The molecular weight excluding hydrogens is 344 g/mol. The third-order valence-electron chi connectivity index (χ3n) is 5.91. The molecule has 1 aromatic carbocycles. The average Bonchev–Trinajstić information content (AvgIpc) is 3.30. The molecule has 3 aliphatic heterocycles. The summed E-state index contributed by atoms with van der Waals surface area (Å²) >= 11 is 0. The Hall–Kier alpha value is -2.34. The number of carbonyl (C=O) groups is 2. The zero-order valence-electron chi connectivity index (χ0n) is 16.1. The van der Waals surface area contributed by atoms with Crippen LogP contribution in [0.25, 0.3) is 0 Å². The van der Waals surface area contributed by atoms with Gasteiger partial charge in [-0.25, -0.2) is 0 Å². The largest absolute Gasteiger partial charge is 0.497 e. The number of hydrogen-bond donors (Lipinski definition) is 0. The zero-order valence-corrected chi connectivity index (χ0v) is 16.1. The monoisotopic (exact) mass is 370 g/mol. The van der Waals surface area contributed by atoms with Crippen LogP contribution >= 0.6 is 0 Å². The van der Waals surface area contributed by atoms with E-state index in [1.807, 2.05) is 55.3 Å². The van der Waals surface area contributed by atoms with Crippen LogP contribution in [-0.2, 0) is 20.9 Å². The maximum Gasteiger partial charge on any atom is 0.230 e. The summed E-state index contributed by atoms with van der Waals surface area (Å²) in [6, 6.07) is 7.72. The minimum Gasteiger partial charge on any atom is -0.497 e. The fourth-order valence-corrected chi connectivity index (χ4v) is 4.69. The number of hydrogen-bond acceptors (Lipinski definition) is 4. The summed E-state index contributed by atoms with van der Waals surface area (Å²) in [6.45, 7) is 3.70. The molecule has 0 radical (unpaired) electrons. The smallest absolute Gasteiger partial charge is 0.230 e. The number of amides is 2. The number of fused-ring (bicyclic) bond motifs is 1. The Labute approximate surface area is 159 Å². The number of methoxy groups -OCH3 is 1. The van der Waals surface area contributed by atoms with Gasteiger partial charge in [0.05, 0.1) is 31.6 Å². The van der Waals surface area contributed by atoms with Crippen LogP contribution in [-0.4, -0.2) is 60.6 Å². The fourth-order valence-electron chi connectivity index (χ4n) is 4.69. The first-order chi connectivity index (χ1) is 13.0. The van der Waals surface area contributed by atoms with Crippen molar-refractivity contribution in [3.05, 3.63) is 42.0 Å². The lowest BCUT2D eigenvalue weighted by Gasteiger charge is -2.27. The van der Waals surface area contributed by atoms with Crippen molar-refractivity contribution in [1.82, 2.24) is 9.80 Å². The molecule has 2 amide bonds. The highest BCUT2D eigenvalue weighted by Gasteiger charge is 2.66. The highest BCUT2D eigenvalue weighted by molar-refractivity contribution is 5.93. The topological polar surface area (TPSA) is 59.1 Å². The minimum atomic E-state index is -0.659. The summed E-state index contributed by atoms with van der Waals surface area (Å²) in [5.74, 6) is -0.0642. The molecule has 3 aliphatic rings. The number of nitrogens with zero attached hydrogens (tertiary/aromatic N) is 2. The molecule has 1 aromatic rings. The maximum atomic E-state index is 13.2. The molecule has 0 aliphatic carbocycles. The first-order valence-corrected chi connectivity index (χ1v) is 9.53. The second-order valence-corrected chi connectivity index (χ2v) is 7.71. The summed E-state index contributed by atoms with van der Waals surface area (Å²) < 4.78 is 11.5. The molecular formula is C21H26N2O4. The van der Waals surface area contributed by atoms with Gasteiger partial charge in [-0.05, 0) is 24.1 Å². The van der Waals surface area contributed by atoms with Crippen LogP contribution in [0.1, 0.15) is 18.9 Å². The summed E-state index contributed by atoms with van der Waals surface area (Å²) in [5.41, 5.74) is 0.345. The van der Waals surface area contributed by atoms with E-state index >= 15 is 0 Å². The van der Waals surface area contributed by atoms with E-state index in [9.17, 15) is 9.59 Å². The third-order valence-corrected chi connectivity index (χ3v) is 5.91. The molecule has 6 heteroatoms. The summed E-state index contributed by atoms with van der Waals surface area (Å²) in [4.78, 5) is 29.8. The van der Waals surface area contributed by atoms with Gasteiger partial charge in [0.2, 0.25) is 11.8 Å². The van der Waals surface area contributed by atoms with Crippen LogP contribution in [0.5, 0.6) is 5.75 Å². The van der Waals surface area contributed by atoms with Gasteiger partial charge in [0.25, 0.3) is 0 Å². The van der Waals surface area contributed by atoms with Crippen LogP contribution in [0, 0.1) is 11.8 Å². The first-order valence-electron chi connectivity index (χ1n) is 9.53. The Balaban J connectivity index is 1.56. The lowest BCUT2D eigenvalue weighted by Crippen LogP contribution is -2.44. The molecule has 4 atom stereocenters. The lowest BCUT2D eigenvalue weighted by atomic mass is 9.76. The second kappa shape index (κ2) is 6.68. The van der Waals surface area contributed by atoms with Crippen LogP contribution in [0.4, 0.5) is 0 Å². The molecule has 2 bridgehead atoms. The van der Waals surface area contributed by atoms with Gasteiger partial charge in [-0.2, -0.15) is 0 Å². The molecule has 2 saturated heterocycles. The normalized spacial score (nSPS) is 30.7. The number of benzene rings is 1. The van der Waals surface area contributed by atoms with Crippen molar-refractivity contribution in [3.63, 3.8) is 0 Å². The molecule has 0 saturated carbocycles. The van der Waals surface area contributed by atoms with E-state index in [1.54, 1.807) is 12.0 Å². The Kier molecular flexibility index (Phi) is 4.46. The van der Waals surface area contributed by atoms with Crippen LogP contribution in [0.15, 0.2) is 36.4 Å².